The zero-order valence-electron chi connectivity index (χ0n) is 19.0. The van der Waals surface area contributed by atoms with E-state index in [1.54, 1.807) is 6.07 Å². The molecule has 5 nitrogen and oxygen atoms in total. The Morgan fingerprint density at radius 3 is 2.20 bits per heavy atom. The van der Waals surface area contributed by atoms with E-state index < -0.39 is 47.1 Å². The number of amides is 1. The van der Waals surface area contributed by atoms with Crippen molar-refractivity contribution < 1.29 is 31.5 Å². The highest BCUT2D eigenvalue weighted by atomic mass is 19.2. The summed E-state index contributed by atoms with van der Waals surface area (Å²) >= 11 is 0. The fourth-order valence-corrected chi connectivity index (χ4v) is 3.98. The molecule has 0 aliphatic carbocycles. The first-order chi connectivity index (χ1) is 16.7. The van der Waals surface area contributed by atoms with E-state index in [0.29, 0.717) is 37.7 Å². The summed E-state index contributed by atoms with van der Waals surface area (Å²) in [6.07, 6.45) is 1.37. The summed E-state index contributed by atoms with van der Waals surface area (Å²) < 4.78 is 74.5. The minimum atomic E-state index is -2.25. The number of morpholine rings is 1. The van der Waals surface area contributed by atoms with Crippen LogP contribution in [0.5, 0.6) is 0 Å². The van der Waals surface area contributed by atoms with Gasteiger partial charge in [0.15, 0.2) is 23.3 Å². The molecule has 1 aliphatic rings. The first-order valence-electron chi connectivity index (χ1n) is 10.8. The van der Waals surface area contributed by atoms with Crippen molar-refractivity contribution in [3.63, 3.8) is 0 Å². The van der Waals surface area contributed by atoms with Gasteiger partial charge in [-0.1, -0.05) is 24.3 Å². The number of carbonyl (C=O) groups is 1. The quantitative estimate of drug-likeness (QED) is 0.291. The fraction of sp³-hybridized carbons (Fsp3) is 0.280. The molecule has 2 aromatic carbocycles. The van der Waals surface area contributed by atoms with Crippen LogP contribution in [0.3, 0.4) is 0 Å². The maximum absolute atomic E-state index is 14.2. The Morgan fingerprint density at radius 2 is 1.57 bits per heavy atom. The molecule has 10 heteroatoms. The van der Waals surface area contributed by atoms with Gasteiger partial charge in [0.2, 0.25) is 5.82 Å². The van der Waals surface area contributed by atoms with Crippen LogP contribution in [0, 0.1) is 36.0 Å². The normalized spacial score (nSPS) is 13.7. The van der Waals surface area contributed by atoms with Crippen LogP contribution in [0.1, 0.15) is 21.5 Å². The van der Waals surface area contributed by atoms with E-state index in [1.165, 1.54) is 13.2 Å². The van der Waals surface area contributed by atoms with E-state index in [1.807, 2.05) is 36.1 Å². The lowest BCUT2D eigenvalue weighted by Crippen LogP contribution is -2.37. The SMILES string of the molecule is Cc1ccccc1-c1cc(N2CCOCC2)ncc1C(=O)N(C)Cc1c(F)c(F)c(F)c(F)c1F. The van der Waals surface area contributed by atoms with Crippen LogP contribution in [-0.4, -0.2) is 49.1 Å². The molecule has 4 rings (SSSR count). The van der Waals surface area contributed by atoms with Gasteiger partial charge in [-0.2, -0.15) is 0 Å². The number of pyridine rings is 1. The minimum absolute atomic E-state index is 0.127. The second-order valence-electron chi connectivity index (χ2n) is 8.21. The molecule has 0 unspecified atom stereocenters. The zero-order chi connectivity index (χ0) is 25.3. The molecule has 35 heavy (non-hydrogen) atoms. The van der Waals surface area contributed by atoms with Gasteiger partial charge in [-0.15, -0.1) is 0 Å². The van der Waals surface area contributed by atoms with Crippen molar-refractivity contribution in [3.05, 3.63) is 82.3 Å². The van der Waals surface area contributed by atoms with E-state index in [4.69, 9.17) is 4.74 Å². The third-order valence-corrected chi connectivity index (χ3v) is 5.93. The van der Waals surface area contributed by atoms with Crippen molar-refractivity contribution >= 4 is 11.7 Å². The number of hydrogen-bond donors (Lipinski definition) is 0. The largest absolute Gasteiger partial charge is 0.378 e. The molecule has 0 bridgehead atoms. The van der Waals surface area contributed by atoms with Crippen molar-refractivity contribution in [1.82, 2.24) is 9.88 Å². The van der Waals surface area contributed by atoms with Gasteiger partial charge in [-0.05, 0) is 29.7 Å². The topological polar surface area (TPSA) is 45.7 Å². The van der Waals surface area contributed by atoms with Crippen molar-refractivity contribution in [2.24, 2.45) is 0 Å². The summed E-state index contributed by atoms with van der Waals surface area (Å²) in [4.78, 5) is 20.7. The molecule has 1 aromatic heterocycles. The van der Waals surface area contributed by atoms with Crippen LogP contribution in [-0.2, 0) is 11.3 Å². The minimum Gasteiger partial charge on any atom is -0.378 e. The van der Waals surface area contributed by atoms with Gasteiger partial charge in [0, 0.05) is 31.9 Å². The summed E-state index contributed by atoms with van der Waals surface area (Å²) in [6, 6.07) is 9.11. The molecule has 0 spiro atoms. The molecule has 1 saturated heterocycles. The molecule has 0 atom stereocenters. The van der Waals surface area contributed by atoms with Crippen molar-refractivity contribution in [2.75, 3.05) is 38.3 Å². The summed E-state index contributed by atoms with van der Waals surface area (Å²) in [5.41, 5.74) is 1.20. The summed E-state index contributed by atoms with van der Waals surface area (Å²) in [7, 11) is 1.22. The predicted molar refractivity (Wildman–Crippen MR) is 119 cm³/mol. The Labute approximate surface area is 198 Å². The summed E-state index contributed by atoms with van der Waals surface area (Å²) in [5, 5.41) is 0. The molecule has 0 radical (unpaired) electrons. The number of hydrogen-bond acceptors (Lipinski definition) is 4. The third kappa shape index (κ3) is 4.70. The first-order valence-corrected chi connectivity index (χ1v) is 10.8. The van der Waals surface area contributed by atoms with E-state index >= 15 is 0 Å². The van der Waals surface area contributed by atoms with Gasteiger partial charge in [0.05, 0.1) is 25.3 Å². The van der Waals surface area contributed by atoms with Crippen molar-refractivity contribution in [1.29, 1.82) is 0 Å². The molecule has 1 aliphatic heterocycles. The number of nitrogens with zero attached hydrogens (tertiary/aromatic N) is 3. The number of aromatic nitrogens is 1. The number of aryl methyl sites for hydroxylation is 1. The molecular weight excluding hydrogens is 469 g/mol. The number of rotatable bonds is 5. The van der Waals surface area contributed by atoms with Crippen LogP contribution in [0.4, 0.5) is 27.8 Å². The van der Waals surface area contributed by atoms with Gasteiger partial charge < -0.3 is 14.5 Å². The van der Waals surface area contributed by atoms with Gasteiger partial charge in [0.25, 0.3) is 5.91 Å². The van der Waals surface area contributed by atoms with Crippen molar-refractivity contribution in [2.45, 2.75) is 13.5 Å². The maximum atomic E-state index is 14.2. The zero-order valence-corrected chi connectivity index (χ0v) is 19.0. The number of benzene rings is 2. The van der Waals surface area contributed by atoms with E-state index in [2.05, 4.69) is 4.98 Å². The average molecular weight is 491 g/mol. The monoisotopic (exact) mass is 491 g/mol. The second kappa shape index (κ2) is 9.99. The maximum Gasteiger partial charge on any atom is 0.256 e. The third-order valence-electron chi connectivity index (χ3n) is 5.93. The van der Waals surface area contributed by atoms with Crippen molar-refractivity contribution in [3.8, 4) is 11.1 Å². The number of halogens is 5. The first kappa shape index (κ1) is 24.6. The van der Waals surface area contributed by atoms with E-state index in [9.17, 15) is 26.7 Å². The lowest BCUT2D eigenvalue weighted by molar-refractivity contribution is 0.0781. The predicted octanol–water partition coefficient (Wildman–Crippen LogP) is 4.86. The van der Waals surface area contributed by atoms with Gasteiger partial charge >= 0.3 is 0 Å². The van der Waals surface area contributed by atoms with Crippen LogP contribution < -0.4 is 4.90 Å². The van der Waals surface area contributed by atoms with Gasteiger partial charge in [0.1, 0.15) is 5.82 Å². The number of anilines is 1. The van der Waals surface area contributed by atoms with E-state index in [-0.39, 0.29) is 5.56 Å². The standard InChI is InChI=1S/C25H22F5N3O2/c1-14-5-3-4-6-15(14)16-11-19(33-7-9-35-10-8-33)31-12-17(16)25(34)32(2)13-18-20(26)22(28)24(30)23(29)21(18)27/h3-6,11-12H,7-10,13H2,1-2H3. The second-order valence-corrected chi connectivity index (χ2v) is 8.21. The van der Waals surface area contributed by atoms with Crippen LogP contribution in [0.25, 0.3) is 11.1 Å². The highest BCUT2D eigenvalue weighted by molar-refractivity contribution is 6.01. The molecule has 2 heterocycles. The summed E-state index contributed by atoms with van der Waals surface area (Å²) in [5.74, 6) is -10.4. The molecule has 1 fully saturated rings. The number of carbonyl (C=O) groups excluding carboxylic acids is 1. The molecule has 184 valence electrons. The smallest absolute Gasteiger partial charge is 0.256 e. The van der Waals surface area contributed by atoms with Gasteiger partial charge in [-0.25, -0.2) is 26.9 Å². The average Bonchev–Trinajstić information content (AvgIpc) is 2.88. The summed E-state index contributed by atoms with van der Waals surface area (Å²) in [6.45, 7) is 3.35. The molecular formula is C25H22F5N3O2. The molecule has 1 amide bonds. The Kier molecular flexibility index (Phi) is 7.02. The lowest BCUT2D eigenvalue weighted by Gasteiger charge is -2.29. The van der Waals surface area contributed by atoms with Gasteiger partial charge in [-0.3, -0.25) is 4.79 Å². The lowest BCUT2D eigenvalue weighted by atomic mass is 9.96. The molecule has 3 aromatic rings. The highest BCUT2D eigenvalue weighted by Gasteiger charge is 2.28. The molecule has 0 N–H and O–H groups in total. The van der Waals surface area contributed by atoms with Crippen LogP contribution in [0.15, 0.2) is 36.5 Å². The Bertz CT molecular complexity index is 1250. The Morgan fingerprint density at radius 1 is 0.971 bits per heavy atom. The van der Waals surface area contributed by atoms with E-state index in [0.717, 1.165) is 16.0 Å². The number of ether oxygens (including phenoxy) is 1. The highest BCUT2D eigenvalue weighted by Crippen LogP contribution is 2.31. The Hall–Kier alpha value is -3.53. The fourth-order valence-electron chi connectivity index (χ4n) is 3.98. The Balaban J connectivity index is 1.73. The molecule has 0 saturated carbocycles. The van der Waals surface area contributed by atoms with Crippen LogP contribution in [0.2, 0.25) is 0 Å². The van der Waals surface area contributed by atoms with Crippen LogP contribution >= 0.6 is 0 Å².